The van der Waals surface area contributed by atoms with Crippen molar-refractivity contribution in [3.63, 3.8) is 0 Å². The molecule has 1 aliphatic carbocycles. The highest BCUT2D eigenvalue weighted by Gasteiger charge is 2.20. The predicted molar refractivity (Wildman–Crippen MR) is 68.7 cm³/mol. The van der Waals surface area contributed by atoms with Crippen molar-refractivity contribution < 1.29 is 9.90 Å². The molecule has 0 atom stereocenters. The van der Waals surface area contributed by atoms with E-state index in [-0.39, 0.29) is 5.75 Å². The Bertz CT molecular complexity index is 379. The van der Waals surface area contributed by atoms with Gasteiger partial charge >= 0.3 is 5.97 Å². The third-order valence-corrected chi connectivity index (χ3v) is 4.49. The number of thioether (sulfide) groups is 1. The van der Waals surface area contributed by atoms with Gasteiger partial charge < -0.3 is 10.4 Å². The van der Waals surface area contributed by atoms with Crippen molar-refractivity contribution in [1.82, 2.24) is 10.2 Å². The Labute approximate surface area is 108 Å². The van der Waals surface area contributed by atoms with Crippen molar-refractivity contribution in [2.24, 2.45) is 5.92 Å². The van der Waals surface area contributed by atoms with Crippen LogP contribution >= 0.6 is 23.1 Å². The highest BCUT2D eigenvalue weighted by Crippen LogP contribution is 2.33. The highest BCUT2D eigenvalue weighted by molar-refractivity contribution is 8.01. The number of hydrogen-bond donors (Lipinski definition) is 2. The molecule has 1 saturated carbocycles. The smallest absolute Gasteiger partial charge is 0.313 e. The molecule has 2 N–H and O–H groups in total. The fourth-order valence-electron chi connectivity index (χ4n) is 1.46. The number of hydrogen-bond acceptors (Lipinski definition) is 6. The number of nitrogens with zero attached hydrogens (tertiary/aromatic N) is 2. The molecule has 0 spiro atoms. The Kier molecular flexibility index (Phi) is 4.61. The van der Waals surface area contributed by atoms with Gasteiger partial charge in [-0.3, -0.25) is 4.79 Å². The van der Waals surface area contributed by atoms with Crippen LogP contribution in [0.5, 0.6) is 0 Å². The Hall–Kier alpha value is -0.820. The molecule has 0 bridgehead atoms. The number of anilines is 1. The minimum atomic E-state index is -0.829. The van der Waals surface area contributed by atoms with Crippen LogP contribution in [-0.4, -0.2) is 33.6 Å². The number of carbonyl (C=O) groups is 1. The lowest BCUT2D eigenvalue weighted by molar-refractivity contribution is -0.133. The maximum absolute atomic E-state index is 10.4. The molecule has 94 valence electrons. The second-order valence-corrected chi connectivity index (χ2v) is 6.27. The number of carboxylic acid groups (broad SMARTS) is 1. The summed E-state index contributed by atoms with van der Waals surface area (Å²) in [4.78, 5) is 10.4. The van der Waals surface area contributed by atoms with E-state index < -0.39 is 5.97 Å². The van der Waals surface area contributed by atoms with Gasteiger partial charge in [-0.15, -0.1) is 10.2 Å². The van der Waals surface area contributed by atoms with E-state index in [9.17, 15) is 4.79 Å². The highest BCUT2D eigenvalue weighted by atomic mass is 32.2. The molecule has 17 heavy (non-hydrogen) atoms. The zero-order valence-electron chi connectivity index (χ0n) is 9.39. The van der Waals surface area contributed by atoms with E-state index in [2.05, 4.69) is 15.5 Å². The van der Waals surface area contributed by atoms with E-state index in [1.54, 1.807) is 0 Å². The Morgan fingerprint density at radius 3 is 3.06 bits per heavy atom. The van der Waals surface area contributed by atoms with Crippen LogP contribution in [0, 0.1) is 5.92 Å². The van der Waals surface area contributed by atoms with Gasteiger partial charge in [0.15, 0.2) is 4.34 Å². The van der Waals surface area contributed by atoms with Crippen LogP contribution in [0.15, 0.2) is 4.34 Å². The normalized spacial score (nSPS) is 14.8. The van der Waals surface area contributed by atoms with E-state index in [0.29, 0.717) is 4.34 Å². The largest absolute Gasteiger partial charge is 0.481 e. The van der Waals surface area contributed by atoms with Crippen LogP contribution in [-0.2, 0) is 4.79 Å². The van der Waals surface area contributed by atoms with Gasteiger partial charge in [-0.25, -0.2) is 0 Å². The molecule has 0 amide bonds. The van der Waals surface area contributed by atoms with Crippen LogP contribution in [0.2, 0.25) is 0 Å². The first-order valence-corrected chi connectivity index (χ1v) is 7.46. The standard InChI is InChI=1S/C10H15N3O2S2/c14-8(15)6-16-10-13-12-9(17-10)11-5-1-2-7-3-4-7/h7H,1-6H2,(H,11,12)(H,14,15). The van der Waals surface area contributed by atoms with Gasteiger partial charge in [0.1, 0.15) is 0 Å². The average Bonchev–Trinajstić information content (AvgIpc) is 3.01. The van der Waals surface area contributed by atoms with Crippen molar-refractivity contribution in [2.45, 2.75) is 30.0 Å². The average molecular weight is 273 g/mol. The fourth-order valence-corrected chi connectivity index (χ4v) is 2.95. The van der Waals surface area contributed by atoms with E-state index in [1.165, 1.54) is 48.8 Å². The molecule has 1 aromatic heterocycles. The maximum atomic E-state index is 10.4. The summed E-state index contributed by atoms with van der Waals surface area (Å²) in [5.74, 6) is 0.174. The van der Waals surface area contributed by atoms with E-state index in [1.807, 2.05) is 0 Å². The molecule has 0 saturated heterocycles. The number of rotatable bonds is 8. The Morgan fingerprint density at radius 2 is 2.35 bits per heavy atom. The zero-order chi connectivity index (χ0) is 12.1. The van der Waals surface area contributed by atoms with Crippen molar-refractivity contribution in [3.05, 3.63) is 0 Å². The van der Waals surface area contributed by atoms with Crippen LogP contribution in [0.25, 0.3) is 0 Å². The molecule has 1 aromatic rings. The van der Waals surface area contributed by atoms with Crippen LogP contribution in [0.1, 0.15) is 25.7 Å². The van der Waals surface area contributed by atoms with Gasteiger partial charge in [0.2, 0.25) is 5.13 Å². The second-order valence-electron chi connectivity index (χ2n) is 4.07. The van der Waals surface area contributed by atoms with Crippen molar-refractivity contribution >= 4 is 34.2 Å². The van der Waals surface area contributed by atoms with Crippen LogP contribution in [0.3, 0.4) is 0 Å². The minimum absolute atomic E-state index is 0.0380. The molecule has 0 aliphatic heterocycles. The molecular formula is C10H15N3O2S2. The summed E-state index contributed by atoms with van der Waals surface area (Å²) in [6.07, 6.45) is 5.26. The van der Waals surface area contributed by atoms with Crippen molar-refractivity contribution in [2.75, 3.05) is 17.6 Å². The number of aliphatic carboxylic acids is 1. The third kappa shape index (κ3) is 4.91. The monoisotopic (exact) mass is 273 g/mol. The summed E-state index contributed by atoms with van der Waals surface area (Å²) in [6.45, 7) is 0.925. The molecule has 1 heterocycles. The molecular weight excluding hydrogens is 258 g/mol. The first kappa shape index (κ1) is 12.6. The molecule has 7 heteroatoms. The summed E-state index contributed by atoms with van der Waals surface area (Å²) >= 11 is 2.62. The number of nitrogens with one attached hydrogen (secondary N) is 1. The van der Waals surface area contributed by atoms with Gasteiger partial charge in [0, 0.05) is 6.54 Å². The molecule has 0 radical (unpaired) electrons. The van der Waals surface area contributed by atoms with E-state index in [0.717, 1.165) is 17.6 Å². The molecule has 1 fully saturated rings. The lowest BCUT2D eigenvalue weighted by Gasteiger charge is -1.99. The number of carboxylic acids is 1. The molecule has 0 aromatic carbocycles. The van der Waals surface area contributed by atoms with E-state index in [4.69, 9.17) is 5.11 Å². The summed E-state index contributed by atoms with van der Waals surface area (Å²) < 4.78 is 0.706. The third-order valence-electron chi connectivity index (χ3n) is 2.49. The lowest BCUT2D eigenvalue weighted by Crippen LogP contribution is -2.01. The number of aromatic nitrogens is 2. The zero-order valence-corrected chi connectivity index (χ0v) is 11.0. The molecule has 1 aliphatic rings. The maximum Gasteiger partial charge on any atom is 0.313 e. The van der Waals surface area contributed by atoms with E-state index >= 15 is 0 Å². The molecule has 2 rings (SSSR count). The fraction of sp³-hybridized carbons (Fsp3) is 0.700. The summed E-state index contributed by atoms with van der Waals surface area (Å²) in [6, 6.07) is 0. The first-order valence-electron chi connectivity index (χ1n) is 5.66. The summed E-state index contributed by atoms with van der Waals surface area (Å²) in [5.41, 5.74) is 0. The topological polar surface area (TPSA) is 75.1 Å². The van der Waals surface area contributed by atoms with Crippen molar-refractivity contribution in [1.29, 1.82) is 0 Å². The minimum Gasteiger partial charge on any atom is -0.481 e. The van der Waals surface area contributed by atoms with Gasteiger partial charge in [0.05, 0.1) is 5.75 Å². The van der Waals surface area contributed by atoms with Gasteiger partial charge in [0.25, 0.3) is 0 Å². The Morgan fingerprint density at radius 1 is 1.53 bits per heavy atom. The summed E-state index contributed by atoms with van der Waals surface area (Å²) in [7, 11) is 0. The van der Waals surface area contributed by atoms with Gasteiger partial charge in [-0.2, -0.15) is 0 Å². The van der Waals surface area contributed by atoms with Crippen molar-refractivity contribution in [3.8, 4) is 0 Å². The SMILES string of the molecule is O=C(O)CSc1nnc(NCCCC2CC2)s1. The van der Waals surface area contributed by atoms with Crippen LogP contribution < -0.4 is 5.32 Å². The molecule has 5 nitrogen and oxygen atoms in total. The van der Waals surface area contributed by atoms with Gasteiger partial charge in [-0.1, -0.05) is 35.9 Å². The predicted octanol–water partition coefficient (Wildman–Crippen LogP) is 2.32. The molecule has 0 unspecified atom stereocenters. The quantitative estimate of drug-likeness (QED) is 0.559. The Balaban J connectivity index is 1.64. The second kappa shape index (κ2) is 6.20. The summed E-state index contributed by atoms with van der Waals surface area (Å²) in [5, 5.41) is 20.4. The van der Waals surface area contributed by atoms with Crippen LogP contribution in [0.4, 0.5) is 5.13 Å². The first-order chi connectivity index (χ1) is 8.24. The van der Waals surface area contributed by atoms with Gasteiger partial charge in [-0.05, 0) is 18.8 Å². The lowest BCUT2D eigenvalue weighted by atomic mass is 10.2.